The summed E-state index contributed by atoms with van der Waals surface area (Å²) in [7, 11) is 1.50. The van der Waals surface area contributed by atoms with Gasteiger partial charge < -0.3 is 10.5 Å². The quantitative estimate of drug-likeness (QED) is 0.908. The molecule has 98 valence electrons. The SMILES string of the molecule is COc1cccc([C@@H](N)CCC(F)(F)F)c1.Cl. The average molecular weight is 270 g/mol. The molecule has 0 heterocycles. The van der Waals surface area contributed by atoms with Crippen molar-refractivity contribution in [3.63, 3.8) is 0 Å². The van der Waals surface area contributed by atoms with Gasteiger partial charge in [-0.1, -0.05) is 12.1 Å². The van der Waals surface area contributed by atoms with Gasteiger partial charge in [-0.15, -0.1) is 12.4 Å². The maximum atomic E-state index is 12.0. The number of alkyl halides is 3. The lowest BCUT2D eigenvalue weighted by atomic mass is 10.0. The summed E-state index contributed by atoms with van der Waals surface area (Å²) in [5.41, 5.74) is 6.33. The Morgan fingerprint density at radius 2 is 2.00 bits per heavy atom. The molecule has 6 heteroatoms. The molecule has 0 amide bonds. The first-order valence-corrected chi connectivity index (χ1v) is 4.88. The molecule has 0 aromatic heterocycles. The van der Waals surface area contributed by atoms with E-state index in [9.17, 15) is 13.2 Å². The van der Waals surface area contributed by atoms with Gasteiger partial charge in [0, 0.05) is 12.5 Å². The fourth-order valence-electron chi connectivity index (χ4n) is 1.36. The zero-order valence-electron chi connectivity index (χ0n) is 9.33. The maximum Gasteiger partial charge on any atom is 0.389 e. The standard InChI is InChI=1S/C11H14F3NO.ClH/c1-16-9-4-2-3-8(7-9)10(15)5-6-11(12,13)14;/h2-4,7,10H,5-6,15H2,1H3;1H/t10-;/m0./s1. The Morgan fingerprint density at radius 1 is 1.35 bits per heavy atom. The monoisotopic (exact) mass is 269 g/mol. The third kappa shape index (κ3) is 5.79. The molecule has 0 radical (unpaired) electrons. The Balaban J connectivity index is 0.00000256. The third-order valence-corrected chi connectivity index (χ3v) is 2.26. The highest BCUT2D eigenvalue weighted by atomic mass is 35.5. The molecule has 0 aliphatic heterocycles. The molecule has 1 aromatic carbocycles. The van der Waals surface area contributed by atoms with E-state index in [1.54, 1.807) is 24.3 Å². The highest BCUT2D eigenvalue weighted by Gasteiger charge is 2.27. The van der Waals surface area contributed by atoms with Gasteiger partial charge in [-0.25, -0.2) is 0 Å². The summed E-state index contributed by atoms with van der Waals surface area (Å²) in [6.45, 7) is 0. The van der Waals surface area contributed by atoms with Crippen LogP contribution >= 0.6 is 12.4 Å². The molecule has 0 unspecified atom stereocenters. The zero-order valence-corrected chi connectivity index (χ0v) is 10.1. The summed E-state index contributed by atoms with van der Waals surface area (Å²) < 4.78 is 41.0. The normalized spacial score (nSPS) is 12.8. The summed E-state index contributed by atoms with van der Waals surface area (Å²) in [4.78, 5) is 0. The van der Waals surface area contributed by atoms with Crippen LogP contribution in [0, 0.1) is 0 Å². The molecular formula is C11H15ClF3NO. The molecule has 0 bridgehead atoms. The average Bonchev–Trinajstić information content (AvgIpc) is 2.25. The summed E-state index contributed by atoms with van der Waals surface area (Å²) in [5, 5.41) is 0. The van der Waals surface area contributed by atoms with E-state index < -0.39 is 18.6 Å². The second-order valence-electron chi connectivity index (χ2n) is 3.54. The zero-order chi connectivity index (χ0) is 12.2. The molecule has 2 N–H and O–H groups in total. The van der Waals surface area contributed by atoms with Crippen LogP contribution in [0.5, 0.6) is 5.75 Å². The van der Waals surface area contributed by atoms with E-state index in [1.807, 2.05) is 0 Å². The second kappa shape index (κ2) is 6.71. The van der Waals surface area contributed by atoms with Crippen LogP contribution in [0.4, 0.5) is 13.2 Å². The molecule has 1 atom stereocenters. The molecule has 0 fully saturated rings. The van der Waals surface area contributed by atoms with Crippen molar-refractivity contribution >= 4 is 12.4 Å². The van der Waals surface area contributed by atoms with Crippen molar-refractivity contribution < 1.29 is 17.9 Å². The van der Waals surface area contributed by atoms with Crippen LogP contribution < -0.4 is 10.5 Å². The highest BCUT2D eigenvalue weighted by Crippen LogP contribution is 2.27. The van der Waals surface area contributed by atoms with Crippen LogP contribution in [-0.2, 0) is 0 Å². The number of halogens is 4. The van der Waals surface area contributed by atoms with E-state index in [1.165, 1.54) is 7.11 Å². The van der Waals surface area contributed by atoms with Crippen LogP contribution in [0.25, 0.3) is 0 Å². The van der Waals surface area contributed by atoms with Gasteiger partial charge in [0.2, 0.25) is 0 Å². The lowest BCUT2D eigenvalue weighted by Crippen LogP contribution is -2.15. The summed E-state index contributed by atoms with van der Waals surface area (Å²) >= 11 is 0. The number of methoxy groups -OCH3 is 1. The predicted molar refractivity (Wildman–Crippen MR) is 62.5 cm³/mol. The first kappa shape index (κ1) is 16.1. The summed E-state index contributed by atoms with van der Waals surface area (Å²) in [5.74, 6) is 0.597. The van der Waals surface area contributed by atoms with E-state index in [-0.39, 0.29) is 18.8 Å². The number of rotatable bonds is 4. The van der Waals surface area contributed by atoms with Gasteiger partial charge in [0.1, 0.15) is 5.75 Å². The minimum absolute atomic E-state index is 0. The van der Waals surface area contributed by atoms with Crippen molar-refractivity contribution in [2.24, 2.45) is 5.73 Å². The molecule has 0 aliphatic rings. The van der Waals surface area contributed by atoms with Crippen LogP contribution in [0.2, 0.25) is 0 Å². The largest absolute Gasteiger partial charge is 0.497 e. The fourth-order valence-corrected chi connectivity index (χ4v) is 1.36. The van der Waals surface area contributed by atoms with Gasteiger partial charge in [-0.05, 0) is 24.1 Å². The highest BCUT2D eigenvalue weighted by molar-refractivity contribution is 5.85. The van der Waals surface area contributed by atoms with Crippen LogP contribution in [0.15, 0.2) is 24.3 Å². The number of hydrogen-bond acceptors (Lipinski definition) is 2. The molecular weight excluding hydrogens is 255 g/mol. The lowest BCUT2D eigenvalue weighted by Gasteiger charge is -2.14. The van der Waals surface area contributed by atoms with E-state index in [0.717, 1.165) is 0 Å². The Morgan fingerprint density at radius 3 is 2.53 bits per heavy atom. The summed E-state index contributed by atoms with van der Waals surface area (Å²) in [6.07, 6.45) is -5.14. The Bertz CT molecular complexity index is 344. The number of nitrogens with two attached hydrogens (primary N) is 1. The van der Waals surface area contributed by atoms with Gasteiger partial charge >= 0.3 is 6.18 Å². The third-order valence-electron chi connectivity index (χ3n) is 2.26. The van der Waals surface area contributed by atoms with E-state index >= 15 is 0 Å². The van der Waals surface area contributed by atoms with E-state index in [0.29, 0.717) is 11.3 Å². The van der Waals surface area contributed by atoms with Crippen molar-refractivity contribution in [2.75, 3.05) is 7.11 Å². The number of ether oxygens (including phenoxy) is 1. The van der Waals surface area contributed by atoms with Gasteiger partial charge in [0.15, 0.2) is 0 Å². The second-order valence-corrected chi connectivity index (χ2v) is 3.54. The predicted octanol–water partition coefficient (Wildman–Crippen LogP) is 3.46. The molecule has 0 saturated carbocycles. The van der Waals surface area contributed by atoms with Crippen molar-refractivity contribution in [1.82, 2.24) is 0 Å². The van der Waals surface area contributed by atoms with Gasteiger partial charge in [0.05, 0.1) is 7.11 Å². The molecule has 0 aliphatic carbocycles. The minimum atomic E-state index is -4.16. The van der Waals surface area contributed by atoms with Crippen molar-refractivity contribution in [2.45, 2.75) is 25.1 Å². The first-order valence-electron chi connectivity index (χ1n) is 4.88. The molecule has 17 heavy (non-hydrogen) atoms. The summed E-state index contributed by atoms with van der Waals surface area (Å²) in [6, 6.07) is 6.17. The van der Waals surface area contributed by atoms with Gasteiger partial charge in [-0.2, -0.15) is 13.2 Å². The molecule has 1 rings (SSSR count). The van der Waals surface area contributed by atoms with Crippen molar-refractivity contribution in [3.8, 4) is 5.75 Å². The Hall–Kier alpha value is -0.940. The van der Waals surface area contributed by atoms with Gasteiger partial charge in [-0.3, -0.25) is 0 Å². The Kier molecular flexibility index (Phi) is 6.34. The van der Waals surface area contributed by atoms with Crippen LogP contribution in [0.1, 0.15) is 24.4 Å². The van der Waals surface area contributed by atoms with Gasteiger partial charge in [0.25, 0.3) is 0 Å². The van der Waals surface area contributed by atoms with Crippen LogP contribution in [0.3, 0.4) is 0 Å². The first-order chi connectivity index (χ1) is 7.42. The molecule has 2 nitrogen and oxygen atoms in total. The number of benzene rings is 1. The maximum absolute atomic E-state index is 12.0. The van der Waals surface area contributed by atoms with Crippen molar-refractivity contribution in [1.29, 1.82) is 0 Å². The fraction of sp³-hybridized carbons (Fsp3) is 0.455. The smallest absolute Gasteiger partial charge is 0.389 e. The lowest BCUT2D eigenvalue weighted by molar-refractivity contribution is -0.136. The number of hydrogen-bond donors (Lipinski definition) is 1. The molecule has 0 saturated heterocycles. The molecule has 0 spiro atoms. The molecule has 1 aromatic rings. The topological polar surface area (TPSA) is 35.2 Å². The van der Waals surface area contributed by atoms with E-state index in [2.05, 4.69) is 0 Å². The minimum Gasteiger partial charge on any atom is -0.497 e. The Labute approximate surface area is 104 Å². The van der Waals surface area contributed by atoms with E-state index in [4.69, 9.17) is 10.5 Å². The van der Waals surface area contributed by atoms with Crippen molar-refractivity contribution in [3.05, 3.63) is 29.8 Å². The van der Waals surface area contributed by atoms with Crippen LogP contribution in [-0.4, -0.2) is 13.3 Å².